The van der Waals surface area contributed by atoms with Crippen molar-refractivity contribution in [3.63, 3.8) is 0 Å². The molecule has 28 heavy (non-hydrogen) atoms. The number of urea groups is 1. The molecule has 0 radical (unpaired) electrons. The predicted molar refractivity (Wildman–Crippen MR) is 111 cm³/mol. The summed E-state index contributed by atoms with van der Waals surface area (Å²) in [6.45, 7) is 6.94. The van der Waals surface area contributed by atoms with Gasteiger partial charge < -0.3 is 20.3 Å². The van der Waals surface area contributed by atoms with Crippen molar-refractivity contribution < 1.29 is 14.3 Å². The van der Waals surface area contributed by atoms with Gasteiger partial charge in [-0.15, -0.1) is 0 Å². The summed E-state index contributed by atoms with van der Waals surface area (Å²) in [6.07, 6.45) is 1.45. The second-order valence-electron chi connectivity index (χ2n) is 7.23. The molecule has 0 aliphatic carbocycles. The molecule has 2 aromatic rings. The summed E-state index contributed by atoms with van der Waals surface area (Å²) in [5, 5.41) is 5.72. The minimum atomic E-state index is -0.302. The number of anilines is 2. The summed E-state index contributed by atoms with van der Waals surface area (Å²) < 4.78 is 5.78. The lowest BCUT2D eigenvalue weighted by Crippen LogP contribution is -2.39. The Morgan fingerprint density at radius 1 is 1.18 bits per heavy atom. The van der Waals surface area contributed by atoms with Crippen LogP contribution in [0.25, 0.3) is 0 Å². The van der Waals surface area contributed by atoms with Gasteiger partial charge in [-0.25, -0.2) is 4.79 Å². The van der Waals surface area contributed by atoms with E-state index in [-0.39, 0.29) is 18.0 Å². The zero-order valence-electron chi connectivity index (χ0n) is 16.6. The van der Waals surface area contributed by atoms with E-state index < -0.39 is 0 Å². The van der Waals surface area contributed by atoms with E-state index in [9.17, 15) is 9.59 Å². The maximum absolute atomic E-state index is 12.3. The van der Waals surface area contributed by atoms with Gasteiger partial charge in [-0.1, -0.05) is 24.3 Å². The van der Waals surface area contributed by atoms with Crippen LogP contribution in [0.2, 0.25) is 0 Å². The molecular formula is C22H27N3O3. The van der Waals surface area contributed by atoms with E-state index in [1.165, 1.54) is 0 Å². The fourth-order valence-corrected chi connectivity index (χ4v) is 3.25. The van der Waals surface area contributed by atoms with Crippen LogP contribution < -0.4 is 20.3 Å². The minimum absolute atomic E-state index is 0.131. The zero-order valence-corrected chi connectivity index (χ0v) is 16.6. The lowest BCUT2D eigenvalue weighted by molar-refractivity contribution is -0.117. The number of carbonyl (C=O) groups is 2. The van der Waals surface area contributed by atoms with Gasteiger partial charge >= 0.3 is 6.03 Å². The predicted octanol–water partition coefficient (Wildman–Crippen LogP) is 4.02. The normalized spacial score (nSPS) is 14.7. The van der Waals surface area contributed by atoms with Crippen molar-refractivity contribution >= 4 is 23.3 Å². The number of aryl methyl sites for hydroxylation is 2. The number of hydrogen-bond donors (Lipinski definition) is 2. The molecule has 0 bridgehead atoms. The van der Waals surface area contributed by atoms with Crippen LogP contribution in [0.15, 0.2) is 42.5 Å². The van der Waals surface area contributed by atoms with Gasteiger partial charge in [-0.2, -0.15) is 0 Å². The molecule has 2 N–H and O–H groups in total. The molecule has 2 aromatic carbocycles. The third-order valence-electron chi connectivity index (χ3n) is 4.79. The summed E-state index contributed by atoms with van der Waals surface area (Å²) >= 11 is 0. The Balaban J connectivity index is 1.55. The molecule has 0 unspecified atom stereocenters. The molecule has 3 rings (SSSR count). The van der Waals surface area contributed by atoms with E-state index in [2.05, 4.69) is 10.6 Å². The summed E-state index contributed by atoms with van der Waals surface area (Å²) in [4.78, 5) is 26.1. The first-order valence-corrected chi connectivity index (χ1v) is 9.61. The summed E-state index contributed by atoms with van der Waals surface area (Å²) in [6, 6.07) is 12.9. The Kier molecular flexibility index (Phi) is 6.19. The van der Waals surface area contributed by atoms with Gasteiger partial charge in [-0.3, -0.25) is 4.79 Å². The minimum Gasteiger partial charge on any atom is -0.491 e. The number of carbonyl (C=O) groups excluding carboxylic acids is 2. The molecule has 1 fully saturated rings. The number of rotatable bonds is 6. The maximum Gasteiger partial charge on any atom is 0.319 e. The van der Waals surface area contributed by atoms with Gasteiger partial charge in [0, 0.05) is 24.3 Å². The highest BCUT2D eigenvalue weighted by Gasteiger charge is 2.23. The van der Waals surface area contributed by atoms with Crippen molar-refractivity contribution in [1.29, 1.82) is 0 Å². The number of nitrogens with zero attached hydrogens (tertiary/aromatic N) is 1. The van der Waals surface area contributed by atoms with Gasteiger partial charge in [-0.05, 0) is 56.5 Å². The van der Waals surface area contributed by atoms with Crippen molar-refractivity contribution in [3.05, 3.63) is 53.6 Å². The number of benzene rings is 2. The van der Waals surface area contributed by atoms with Crippen molar-refractivity contribution in [1.82, 2.24) is 5.32 Å². The van der Waals surface area contributed by atoms with Crippen LogP contribution in [-0.4, -0.2) is 31.1 Å². The molecule has 148 valence electrons. The lowest BCUT2D eigenvalue weighted by Gasteiger charge is -2.20. The quantitative estimate of drug-likeness (QED) is 0.794. The monoisotopic (exact) mass is 381 g/mol. The standard InChI is InChI=1S/C22H27N3O3/c1-15-10-11-18(13-19(15)25-12-6-9-21(25)26)24-22(27)23-17(3)14-28-20-8-5-4-7-16(20)2/h4-5,7-8,10-11,13,17H,6,9,12,14H2,1-3H3,(H2,23,24,27)/t17-/m1/s1. The van der Waals surface area contributed by atoms with E-state index >= 15 is 0 Å². The Morgan fingerprint density at radius 3 is 2.68 bits per heavy atom. The molecule has 6 heteroatoms. The average molecular weight is 381 g/mol. The van der Waals surface area contributed by atoms with Crippen LogP contribution in [0.3, 0.4) is 0 Å². The van der Waals surface area contributed by atoms with Crippen LogP contribution in [0, 0.1) is 13.8 Å². The molecule has 6 nitrogen and oxygen atoms in total. The highest BCUT2D eigenvalue weighted by Crippen LogP contribution is 2.28. The third kappa shape index (κ3) is 4.82. The first kappa shape index (κ1) is 19.7. The Bertz CT molecular complexity index is 866. The van der Waals surface area contributed by atoms with Crippen LogP contribution >= 0.6 is 0 Å². The van der Waals surface area contributed by atoms with Crippen molar-refractivity contribution in [2.75, 3.05) is 23.4 Å². The number of hydrogen-bond acceptors (Lipinski definition) is 3. The zero-order chi connectivity index (χ0) is 20.1. The molecule has 1 saturated heterocycles. The molecule has 3 amide bonds. The second-order valence-corrected chi connectivity index (χ2v) is 7.23. The lowest BCUT2D eigenvalue weighted by atomic mass is 10.1. The maximum atomic E-state index is 12.3. The van der Waals surface area contributed by atoms with E-state index in [0.717, 1.165) is 35.5 Å². The third-order valence-corrected chi connectivity index (χ3v) is 4.79. The van der Waals surface area contributed by atoms with Crippen LogP contribution in [0.1, 0.15) is 30.9 Å². The number of nitrogens with one attached hydrogen (secondary N) is 2. The van der Waals surface area contributed by atoms with E-state index in [1.807, 2.05) is 63.2 Å². The van der Waals surface area contributed by atoms with Crippen LogP contribution in [0.4, 0.5) is 16.2 Å². The Labute approximate surface area is 165 Å². The van der Waals surface area contributed by atoms with E-state index in [4.69, 9.17) is 4.74 Å². The number of ether oxygens (including phenoxy) is 1. The molecule has 0 saturated carbocycles. The van der Waals surface area contributed by atoms with E-state index in [0.29, 0.717) is 18.7 Å². The van der Waals surface area contributed by atoms with Gasteiger partial charge in [0.1, 0.15) is 12.4 Å². The molecule has 0 spiro atoms. The Morgan fingerprint density at radius 2 is 1.96 bits per heavy atom. The Hall–Kier alpha value is -3.02. The fourth-order valence-electron chi connectivity index (χ4n) is 3.25. The highest BCUT2D eigenvalue weighted by molar-refractivity contribution is 5.97. The summed E-state index contributed by atoms with van der Waals surface area (Å²) in [5.74, 6) is 0.946. The molecule has 1 aliphatic rings. The van der Waals surface area contributed by atoms with Gasteiger partial charge in [0.15, 0.2) is 0 Å². The fraction of sp³-hybridized carbons (Fsp3) is 0.364. The molecule has 1 aliphatic heterocycles. The number of para-hydroxylation sites is 1. The molecule has 1 atom stereocenters. The molecule has 1 heterocycles. The smallest absolute Gasteiger partial charge is 0.319 e. The van der Waals surface area contributed by atoms with Gasteiger partial charge in [0.25, 0.3) is 0 Å². The second kappa shape index (κ2) is 8.78. The van der Waals surface area contributed by atoms with Crippen molar-refractivity contribution in [2.45, 2.75) is 39.7 Å². The van der Waals surface area contributed by atoms with Gasteiger partial charge in [0.2, 0.25) is 5.91 Å². The largest absolute Gasteiger partial charge is 0.491 e. The SMILES string of the molecule is Cc1ccccc1OC[C@@H](C)NC(=O)Nc1ccc(C)c(N2CCCC2=O)c1. The van der Waals surface area contributed by atoms with Crippen molar-refractivity contribution in [3.8, 4) is 5.75 Å². The average Bonchev–Trinajstić information content (AvgIpc) is 3.08. The topological polar surface area (TPSA) is 70.7 Å². The van der Waals surface area contributed by atoms with Crippen molar-refractivity contribution in [2.24, 2.45) is 0 Å². The molecular weight excluding hydrogens is 354 g/mol. The highest BCUT2D eigenvalue weighted by atomic mass is 16.5. The first-order valence-electron chi connectivity index (χ1n) is 9.61. The van der Waals surface area contributed by atoms with E-state index in [1.54, 1.807) is 4.90 Å². The van der Waals surface area contributed by atoms with Crippen LogP contribution in [-0.2, 0) is 4.79 Å². The first-order chi connectivity index (χ1) is 13.4. The van der Waals surface area contributed by atoms with Crippen LogP contribution in [0.5, 0.6) is 5.75 Å². The molecule has 0 aromatic heterocycles. The van der Waals surface area contributed by atoms with Gasteiger partial charge in [0.05, 0.1) is 6.04 Å². The summed E-state index contributed by atoms with van der Waals surface area (Å²) in [7, 11) is 0. The summed E-state index contributed by atoms with van der Waals surface area (Å²) in [5.41, 5.74) is 3.59. The number of amides is 3.